The average molecular weight is 255 g/mol. The monoisotopic (exact) mass is 255 g/mol. The van der Waals surface area contributed by atoms with Gasteiger partial charge in [0, 0.05) is 31.6 Å². The number of nitrogens with one attached hydrogen (secondary N) is 2. The molecule has 0 aromatic rings. The maximum atomic E-state index is 11.5. The molecule has 0 aliphatic carbocycles. The maximum absolute atomic E-state index is 11.5. The number of carbonyl (C=O) groups excluding carboxylic acids is 1. The summed E-state index contributed by atoms with van der Waals surface area (Å²) in [6, 6.07) is 1.11. The summed E-state index contributed by atoms with van der Waals surface area (Å²) in [6.45, 7) is 10.2. The Morgan fingerprint density at radius 2 is 2.11 bits per heavy atom. The lowest BCUT2D eigenvalue weighted by Crippen LogP contribution is -2.51. The Morgan fingerprint density at radius 3 is 2.78 bits per heavy atom. The first-order valence-corrected chi connectivity index (χ1v) is 7.43. The molecule has 2 unspecified atom stereocenters. The molecule has 0 saturated carbocycles. The van der Waals surface area contributed by atoms with Gasteiger partial charge < -0.3 is 10.6 Å². The van der Waals surface area contributed by atoms with E-state index in [2.05, 4.69) is 29.4 Å². The molecule has 18 heavy (non-hydrogen) atoms. The van der Waals surface area contributed by atoms with Crippen LogP contribution in [-0.4, -0.2) is 49.1 Å². The quantitative estimate of drug-likeness (QED) is 0.722. The number of likely N-dealkylation sites (tertiary alicyclic amines) is 1. The maximum Gasteiger partial charge on any atom is 0.221 e. The van der Waals surface area contributed by atoms with Crippen molar-refractivity contribution in [1.29, 1.82) is 0 Å². The van der Waals surface area contributed by atoms with Crippen molar-refractivity contribution in [3.05, 3.63) is 0 Å². The van der Waals surface area contributed by atoms with E-state index < -0.39 is 0 Å². The third kappa shape index (κ3) is 4.94. The van der Waals surface area contributed by atoms with Gasteiger partial charge in [0.25, 0.3) is 0 Å². The lowest BCUT2D eigenvalue weighted by molar-refractivity contribution is -0.121. The Balaban J connectivity index is 2.41. The fourth-order valence-corrected chi connectivity index (χ4v) is 2.85. The van der Waals surface area contributed by atoms with E-state index >= 15 is 0 Å². The third-order valence-electron chi connectivity index (χ3n) is 3.77. The number of amides is 1. The van der Waals surface area contributed by atoms with Crippen LogP contribution in [0.1, 0.15) is 46.5 Å². The standard InChI is InChI=1S/C14H29N3O/c1-4-15-12(3)13-8-6-7-10-17(13)11-9-14(18)16-5-2/h12-13,15H,4-11H2,1-3H3,(H,16,18). The molecule has 2 atom stereocenters. The second kappa shape index (κ2) is 8.48. The first-order chi connectivity index (χ1) is 8.69. The van der Waals surface area contributed by atoms with Gasteiger partial charge in [0.15, 0.2) is 0 Å². The van der Waals surface area contributed by atoms with E-state index in [0.29, 0.717) is 18.5 Å². The number of likely N-dealkylation sites (N-methyl/N-ethyl adjacent to an activating group) is 1. The minimum atomic E-state index is 0.179. The van der Waals surface area contributed by atoms with E-state index in [1.807, 2.05) is 6.92 Å². The molecule has 0 radical (unpaired) electrons. The smallest absolute Gasteiger partial charge is 0.221 e. The molecule has 4 heteroatoms. The summed E-state index contributed by atoms with van der Waals surface area (Å²) in [6.07, 6.45) is 4.47. The number of nitrogens with zero attached hydrogens (tertiary/aromatic N) is 1. The number of hydrogen-bond donors (Lipinski definition) is 2. The highest BCUT2D eigenvalue weighted by atomic mass is 16.1. The molecule has 106 valence electrons. The van der Waals surface area contributed by atoms with Crippen molar-refractivity contribution >= 4 is 5.91 Å². The normalized spacial score (nSPS) is 22.7. The molecule has 1 heterocycles. The van der Waals surface area contributed by atoms with Crippen molar-refractivity contribution in [2.75, 3.05) is 26.2 Å². The van der Waals surface area contributed by atoms with Crippen LogP contribution in [0.25, 0.3) is 0 Å². The molecule has 0 spiro atoms. The van der Waals surface area contributed by atoms with Crippen LogP contribution in [0.3, 0.4) is 0 Å². The van der Waals surface area contributed by atoms with E-state index in [-0.39, 0.29) is 5.91 Å². The topological polar surface area (TPSA) is 44.4 Å². The summed E-state index contributed by atoms with van der Waals surface area (Å²) < 4.78 is 0. The van der Waals surface area contributed by atoms with Crippen molar-refractivity contribution in [2.24, 2.45) is 0 Å². The molecule has 0 aromatic heterocycles. The first-order valence-electron chi connectivity index (χ1n) is 7.43. The van der Waals surface area contributed by atoms with E-state index in [9.17, 15) is 4.79 Å². The molecule has 0 aromatic carbocycles. The molecule has 0 bridgehead atoms. The zero-order valence-corrected chi connectivity index (χ0v) is 12.2. The lowest BCUT2D eigenvalue weighted by atomic mass is 9.96. The van der Waals surface area contributed by atoms with Crippen LogP contribution >= 0.6 is 0 Å². The van der Waals surface area contributed by atoms with Crippen molar-refractivity contribution in [2.45, 2.75) is 58.5 Å². The molecular formula is C14H29N3O. The van der Waals surface area contributed by atoms with Gasteiger partial charge >= 0.3 is 0 Å². The van der Waals surface area contributed by atoms with Gasteiger partial charge in [-0.2, -0.15) is 0 Å². The van der Waals surface area contributed by atoms with Crippen molar-refractivity contribution in [3.63, 3.8) is 0 Å². The third-order valence-corrected chi connectivity index (χ3v) is 3.77. The van der Waals surface area contributed by atoms with Gasteiger partial charge in [-0.25, -0.2) is 0 Å². The van der Waals surface area contributed by atoms with Crippen LogP contribution in [-0.2, 0) is 4.79 Å². The van der Waals surface area contributed by atoms with E-state index in [1.165, 1.54) is 19.3 Å². The van der Waals surface area contributed by atoms with Crippen molar-refractivity contribution < 1.29 is 4.79 Å². The second-order valence-corrected chi connectivity index (χ2v) is 5.15. The minimum absolute atomic E-state index is 0.179. The highest BCUT2D eigenvalue weighted by Gasteiger charge is 2.26. The summed E-state index contributed by atoms with van der Waals surface area (Å²) in [5.74, 6) is 0.179. The lowest BCUT2D eigenvalue weighted by Gasteiger charge is -2.39. The molecule has 1 aliphatic rings. The predicted molar refractivity (Wildman–Crippen MR) is 75.7 cm³/mol. The Kier molecular flexibility index (Phi) is 7.28. The van der Waals surface area contributed by atoms with Crippen LogP contribution in [0.2, 0.25) is 0 Å². The SMILES string of the molecule is CCNC(=O)CCN1CCCCC1C(C)NCC. The van der Waals surface area contributed by atoms with Gasteiger partial charge in [-0.1, -0.05) is 13.3 Å². The minimum Gasteiger partial charge on any atom is -0.356 e. The molecule has 1 rings (SSSR count). The van der Waals surface area contributed by atoms with Crippen molar-refractivity contribution in [3.8, 4) is 0 Å². The number of hydrogen-bond acceptors (Lipinski definition) is 3. The van der Waals surface area contributed by atoms with Crippen molar-refractivity contribution in [1.82, 2.24) is 15.5 Å². The molecule has 1 saturated heterocycles. The summed E-state index contributed by atoms with van der Waals surface area (Å²) in [5.41, 5.74) is 0. The van der Waals surface area contributed by atoms with Crippen LogP contribution in [0.5, 0.6) is 0 Å². The molecule has 1 fully saturated rings. The Labute approximate surface area is 111 Å². The number of piperidine rings is 1. The zero-order valence-electron chi connectivity index (χ0n) is 12.2. The molecular weight excluding hydrogens is 226 g/mol. The largest absolute Gasteiger partial charge is 0.356 e. The molecule has 1 amide bonds. The van der Waals surface area contributed by atoms with Gasteiger partial charge in [0.2, 0.25) is 5.91 Å². The summed E-state index contributed by atoms with van der Waals surface area (Å²) in [4.78, 5) is 14.0. The Hall–Kier alpha value is -0.610. The summed E-state index contributed by atoms with van der Waals surface area (Å²) >= 11 is 0. The zero-order chi connectivity index (χ0) is 13.4. The Morgan fingerprint density at radius 1 is 1.33 bits per heavy atom. The second-order valence-electron chi connectivity index (χ2n) is 5.15. The molecule has 2 N–H and O–H groups in total. The van der Waals surface area contributed by atoms with Crippen LogP contribution in [0.4, 0.5) is 0 Å². The number of rotatable bonds is 7. The fourth-order valence-electron chi connectivity index (χ4n) is 2.85. The van der Waals surface area contributed by atoms with Crippen LogP contribution in [0, 0.1) is 0 Å². The average Bonchev–Trinajstić information content (AvgIpc) is 2.37. The van der Waals surface area contributed by atoms with E-state index in [4.69, 9.17) is 0 Å². The van der Waals surface area contributed by atoms with E-state index in [1.54, 1.807) is 0 Å². The summed E-state index contributed by atoms with van der Waals surface area (Å²) in [7, 11) is 0. The van der Waals surface area contributed by atoms with Gasteiger partial charge in [0.05, 0.1) is 0 Å². The van der Waals surface area contributed by atoms with Gasteiger partial charge in [-0.3, -0.25) is 9.69 Å². The van der Waals surface area contributed by atoms with Gasteiger partial charge in [-0.05, 0) is 39.8 Å². The number of carbonyl (C=O) groups is 1. The fraction of sp³-hybridized carbons (Fsp3) is 0.929. The van der Waals surface area contributed by atoms with E-state index in [0.717, 1.165) is 26.2 Å². The highest BCUT2D eigenvalue weighted by molar-refractivity contribution is 5.75. The highest BCUT2D eigenvalue weighted by Crippen LogP contribution is 2.19. The van der Waals surface area contributed by atoms with Crippen LogP contribution in [0.15, 0.2) is 0 Å². The molecule has 4 nitrogen and oxygen atoms in total. The van der Waals surface area contributed by atoms with Gasteiger partial charge in [0.1, 0.15) is 0 Å². The Bertz CT molecular complexity index is 245. The predicted octanol–water partition coefficient (Wildman–Crippen LogP) is 1.37. The first kappa shape index (κ1) is 15.4. The van der Waals surface area contributed by atoms with Crippen LogP contribution < -0.4 is 10.6 Å². The summed E-state index contributed by atoms with van der Waals surface area (Å²) in [5, 5.41) is 6.39. The molecule has 1 aliphatic heterocycles. The van der Waals surface area contributed by atoms with Gasteiger partial charge in [-0.15, -0.1) is 0 Å².